The molecule has 0 amide bonds. The lowest BCUT2D eigenvalue weighted by molar-refractivity contribution is -0.00534. The summed E-state index contributed by atoms with van der Waals surface area (Å²) in [5, 5.41) is 18.7. The maximum absolute atomic E-state index is 9.59. The Morgan fingerprint density at radius 2 is 1.85 bits per heavy atom. The van der Waals surface area contributed by atoms with Crippen LogP contribution in [0.5, 0.6) is 0 Å². The number of rotatable bonds is 1. The molecule has 0 aromatic rings. The van der Waals surface area contributed by atoms with E-state index in [1.54, 1.807) is 0 Å². The molecule has 0 spiro atoms. The Bertz CT molecular complexity index is 160. The third kappa shape index (κ3) is 2.68. The Balaban J connectivity index is 2.55. The van der Waals surface area contributed by atoms with Gasteiger partial charge in [0.1, 0.15) is 0 Å². The predicted molar refractivity (Wildman–Crippen MR) is 53.4 cm³/mol. The Morgan fingerprint density at radius 1 is 1.23 bits per heavy atom. The van der Waals surface area contributed by atoms with Crippen molar-refractivity contribution in [3.63, 3.8) is 0 Å². The fourth-order valence-corrected chi connectivity index (χ4v) is 2.23. The zero-order chi connectivity index (χ0) is 10.1. The van der Waals surface area contributed by atoms with Crippen molar-refractivity contribution in [2.45, 2.75) is 46.1 Å². The first-order valence-corrected chi connectivity index (χ1v) is 5.24. The summed E-state index contributed by atoms with van der Waals surface area (Å²) in [5.74, 6) is 0.756. The number of aliphatic hydroxyl groups is 2. The molecular formula is C11H22O2. The molecule has 0 heterocycles. The van der Waals surface area contributed by atoms with E-state index in [1.165, 1.54) is 0 Å². The molecule has 0 saturated heterocycles. The summed E-state index contributed by atoms with van der Waals surface area (Å²) >= 11 is 0. The minimum Gasteiger partial charge on any atom is -0.396 e. The van der Waals surface area contributed by atoms with Crippen molar-refractivity contribution in [2.24, 2.45) is 17.3 Å². The van der Waals surface area contributed by atoms with Gasteiger partial charge < -0.3 is 10.2 Å². The normalized spacial score (nSPS) is 36.2. The smallest absolute Gasteiger partial charge is 0.0590 e. The third-order valence-electron chi connectivity index (χ3n) is 3.40. The molecule has 2 N–H and O–H groups in total. The van der Waals surface area contributed by atoms with Crippen LogP contribution in [-0.4, -0.2) is 22.9 Å². The van der Waals surface area contributed by atoms with Crippen molar-refractivity contribution in [3.8, 4) is 0 Å². The Morgan fingerprint density at radius 3 is 2.31 bits per heavy atom. The molecule has 0 bridgehead atoms. The maximum atomic E-state index is 9.59. The van der Waals surface area contributed by atoms with Crippen molar-refractivity contribution < 1.29 is 10.2 Å². The lowest BCUT2D eigenvalue weighted by Gasteiger charge is -2.39. The molecule has 1 rings (SSSR count). The molecule has 2 heteroatoms. The zero-order valence-corrected chi connectivity index (χ0v) is 8.95. The quantitative estimate of drug-likeness (QED) is 0.655. The van der Waals surface area contributed by atoms with Crippen LogP contribution in [0.1, 0.15) is 40.0 Å². The molecule has 1 saturated carbocycles. The summed E-state index contributed by atoms with van der Waals surface area (Å²) in [6.45, 7) is 6.85. The summed E-state index contributed by atoms with van der Waals surface area (Å²) in [6, 6.07) is 0. The Hall–Kier alpha value is -0.0800. The van der Waals surface area contributed by atoms with Gasteiger partial charge in [0.25, 0.3) is 0 Å². The Kier molecular flexibility index (Phi) is 3.36. The Labute approximate surface area is 81.0 Å². The van der Waals surface area contributed by atoms with Gasteiger partial charge >= 0.3 is 0 Å². The van der Waals surface area contributed by atoms with E-state index in [0.29, 0.717) is 11.3 Å². The van der Waals surface area contributed by atoms with E-state index in [-0.39, 0.29) is 18.6 Å². The fourth-order valence-electron chi connectivity index (χ4n) is 2.23. The van der Waals surface area contributed by atoms with E-state index in [2.05, 4.69) is 20.8 Å². The molecule has 1 aliphatic rings. The van der Waals surface area contributed by atoms with E-state index in [0.717, 1.165) is 19.3 Å². The van der Waals surface area contributed by atoms with Gasteiger partial charge in [-0.1, -0.05) is 20.8 Å². The highest BCUT2D eigenvalue weighted by atomic mass is 16.3. The van der Waals surface area contributed by atoms with Crippen molar-refractivity contribution in [3.05, 3.63) is 0 Å². The highest BCUT2D eigenvalue weighted by Crippen LogP contribution is 2.40. The van der Waals surface area contributed by atoms with Crippen molar-refractivity contribution in [1.29, 1.82) is 0 Å². The van der Waals surface area contributed by atoms with Gasteiger partial charge in [-0.25, -0.2) is 0 Å². The summed E-state index contributed by atoms with van der Waals surface area (Å²) < 4.78 is 0. The molecule has 3 atom stereocenters. The van der Waals surface area contributed by atoms with Crippen LogP contribution in [0, 0.1) is 17.3 Å². The van der Waals surface area contributed by atoms with Crippen LogP contribution in [0.3, 0.4) is 0 Å². The van der Waals surface area contributed by atoms with Gasteiger partial charge in [0, 0.05) is 12.5 Å². The first-order chi connectivity index (χ1) is 5.95. The predicted octanol–water partition coefficient (Wildman–Crippen LogP) is 1.80. The van der Waals surface area contributed by atoms with Crippen LogP contribution >= 0.6 is 0 Å². The van der Waals surface area contributed by atoms with Crippen LogP contribution in [0.15, 0.2) is 0 Å². The van der Waals surface area contributed by atoms with Crippen molar-refractivity contribution >= 4 is 0 Å². The van der Waals surface area contributed by atoms with Gasteiger partial charge in [0.2, 0.25) is 0 Å². The van der Waals surface area contributed by atoms with E-state index >= 15 is 0 Å². The van der Waals surface area contributed by atoms with Gasteiger partial charge in [-0.2, -0.15) is 0 Å². The minimum atomic E-state index is -0.274. The zero-order valence-electron chi connectivity index (χ0n) is 8.95. The van der Waals surface area contributed by atoms with E-state index < -0.39 is 0 Å². The first kappa shape index (κ1) is 11.0. The SMILES string of the molecule is CC(C)(C)[C@H]1CC[C@H](O)[C@@H](CO)C1. The second kappa shape index (κ2) is 3.97. The number of hydrogen-bond acceptors (Lipinski definition) is 2. The molecule has 0 radical (unpaired) electrons. The monoisotopic (exact) mass is 186 g/mol. The van der Waals surface area contributed by atoms with Gasteiger partial charge in [0.05, 0.1) is 6.10 Å². The van der Waals surface area contributed by atoms with Crippen LogP contribution in [0.2, 0.25) is 0 Å². The molecule has 1 aliphatic carbocycles. The van der Waals surface area contributed by atoms with Gasteiger partial charge in [-0.05, 0) is 30.6 Å². The van der Waals surface area contributed by atoms with Crippen LogP contribution in [-0.2, 0) is 0 Å². The molecule has 0 unspecified atom stereocenters. The standard InChI is InChI=1S/C11H22O2/c1-11(2,3)9-4-5-10(13)8(6-9)7-12/h8-10,12-13H,4-7H2,1-3H3/t8-,9+,10+/m1/s1. The molecule has 0 aromatic heterocycles. The van der Waals surface area contributed by atoms with Gasteiger partial charge in [0.15, 0.2) is 0 Å². The summed E-state index contributed by atoms with van der Waals surface area (Å²) in [4.78, 5) is 0. The van der Waals surface area contributed by atoms with E-state index in [1.807, 2.05) is 0 Å². The summed E-state index contributed by atoms with van der Waals surface area (Å²) in [5.41, 5.74) is 0.313. The number of hydrogen-bond donors (Lipinski definition) is 2. The molecule has 0 aliphatic heterocycles. The van der Waals surface area contributed by atoms with Crippen molar-refractivity contribution in [1.82, 2.24) is 0 Å². The van der Waals surface area contributed by atoms with E-state index in [4.69, 9.17) is 5.11 Å². The highest BCUT2D eigenvalue weighted by Gasteiger charge is 2.34. The molecule has 13 heavy (non-hydrogen) atoms. The van der Waals surface area contributed by atoms with Crippen LogP contribution in [0.4, 0.5) is 0 Å². The third-order valence-corrected chi connectivity index (χ3v) is 3.40. The minimum absolute atomic E-state index is 0.109. The largest absolute Gasteiger partial charge is 0.396 e. The second-order valence-electron chi connectivity index (χ2n) is 5.39. The lowest BCUT2D eigenvalue weighted by atomic mass is 9.68. The highest BCUT2D eigenvalue weighted by molar-refractivity contribution is 4.85. The number of aliphatic hydroxyl groups excluding tert-OH is 2. The summed E-state index contributed by atoms with van der Waals surface area (Å²) in [7, 11) is 0. The molecule has 1 fully saturated rings. The summed E-state index contributed by atoms with van der Waals surface area (Å²) in [6.07, 6.45) is 2.65. The van der Waals surface area contributed by atoms with Crippen LogP contribution < -0.4 is 0 Å². The molecule has 0 aromatic carbocycles. The average molecular weight is 186 g/mol. The van der Waals surface area contributed by atoms with Gasteiger partial charge in [-0.15, -0.1) is 0 Å². The van der Waals surface area contributed by atoms with Crippen LogP contribution in [0.25, 0.3) is 0 Å². The molecule has 2 nitrogen and oxygen atoms in total. The maximum Gasteiger partial charge on any atom is 0.0590 e. The second-order valence-corrected chi connectivity index (χ2v) is 5.39. The topological polar surface area (TPSA) is 40.5 Å². The molecular weight excluding hydrogens is 164 g/mol. The first-order valence-electron chi connectivity index (χ1n) is 5.24. The van der Waals surface area contributed by atoms with E-state index in [9.17, 15) is 5.11 Å². The van der Waals surface area contributed by atoms with Gasteiger partial charge in [-0.3, -0.25) is 0 Å². The van der Waals surface area contributed by atoms with Crippen molar-refractivity contribution in [2.75, 3.05) is 6.61 Å². The molecule has 78 valence electrons. The fraction of sp³-hybridized carbons (Fsp3) is 1.00. The average Bonchev–Trinajstić information content (AvgIpc) is 2.03. The lowest BCUT2D eigenvalue weighted by Crippen LogP contribution is -2.36.